The Morgan fingerprint density at radius 2 is 1.90 bits per heavy atom. The highest BCUT2D eigenvalue weighted by Crippen LogP contribution is 2.21. The van der Waals surface area contributed by atoms with Crippen molar-refractivity contribution in [3.8, 4) is 0 Å². The molecule has 0 aliphatic heterocycles. The molecule has 0 saturated heterocycles. The molecule has 0 saturated carbocycles. The number of hydrogen-bond acceptors (Lipinski definition) is 4. The molecule has 3 N–H and O–H groups in total. The van der Waals surface area contributed by atoms with Crippen LogP contribution < -0.4 is 10.5 Å². The van der Waals surface area contributed by atoms with E-state index in [-0.39, 0.29) is 4.90 Å². The molecule has 0 aliphatic carbocycles. The van der Waals surface area contributed by atoms with E-state index in [1.807, 2.05) is 11.8 Å². The number of rotatable bonds is 9. The highest BCUT2D eigenvalue weighted by Gasteiger charge is 2.18. The van der Waals surface area contributed by atoms with E-state index >= 15 is 0 Å². The summed E-state index contributed by atoms with van der Waals surface area (Å²) >= 11 is 1.84. The number of benzene rings is 1. The number of sulfonamides is 1. The van der Waals surface area contributed by atoms with E-state index in [0.29, 0.717) is 17.8 Å². The Bertz CT molecular complexity index is 496. The molecule has 0 aliphatic rings. The Balaban J connectivity index is 2.46. The van der Waals surface area contributed by atoms with Gasteiger partial charge in [0.05, 0.1) is 5.69 Å². The highest BCUT2D eigenvalue weighted by molar-refractivity contribution is 7.98. The predicted molar refractivity (Wildman–Crippen MR) is 87.6 cm³/mol. The number of aryl methyl sites for hydroxylation is 1. The highest BCUT2D eigenvalue weighted by atomic mass is 32.2. The fraction of sp³-hybridized carbons (Fsp3) is 0.571. The molecule has 0 spiro atoms. The van der Waals surface area contributed by atoms with Crippen LogP contribution in [0.25, 0.3) is 0 Å². The normalized spacial score (nSPS) is 11.7. The van der Waals surface area contributed by atoms with Gasteiger partial charge in [-0.1, -0.05) is 25.0 Å². The van der Waals surface area contributed by atoms with Gasteiger partial charge in [-0.25, -0.2) is 13.1 Å². The second-order valence-corrected chi connectivity index (χ2v) is 7.49. The molecule has 114 valence electrons. The number of unbranched alkanes of at least 4 members (excludes halogenated alkanes) is 3. The number of nitrogens with one attached hydrogen (secondary N) is 1. The van der Waals surface area contributed by atoms with Crippen molar-refractivity contribution < 1.29 is 8.42 Å². The lowest BCUT2D eigenvalue weighted by molar-refractivity contribution is 0.573. The third-order valence-corrected chi connectivity index (χ3v) is 5.45. The van der Waals surface area contributed by atoms with Crippen LogP contribution in [0.2, 0.25) is 0 Å². The van der Waals surface area contributed by atoms with Gasteiger partial charge in [0.1, 0.15) is 4.90 Å². The summed E-state index contributed by atoms with van der Waals surface area (Å²) in [6.45, 7) is 2.22. The van der Waals surface area contributed by atoms with Crippen molar-refractivity contribution >= 4 is 27.5 Å². The van der Waals surface area contributed by atoms with Gasteiger partial charge in [-0.05, 0) is 43.4 Å². The van der Waals surface area contributed by atoms with E-state index in [4.69, 9.17) is 5.73 Å². The summed E-state index contributed by atoms with van der Waals surface area (Å²) in [4.78, 5) is 0.211. The molecular formula is C14H24N2O2S2. The van der Waals surface area contributed by atoms with Crippen LogP contribution >= 0.6 is 11.8 Å². The van der Waals surface area contributed by atoms with E-state index in [1.54, 1.807) is 25.1 Å². The zero-order valence-corrected chi connectivity index (χ0v) is 13.8. The average molecular weight is 316 g/mol. The summed E-state index contributed by atoms with van der Waals surface area (Å²) in [6.07, 6.45) is 6.35. The zero-order chi connectivity index (χ0) is 15.0. The summed E-state index contributed by atoms with van der Waals surface area (Å²) in [7, 11) is -3.50. The maximum Gasteiger partial charge on any atom is 0.242 e. The van der Waals surface area contributed by atoms with Crippen molar-refractivity contribution in [1.29, 1.82) is 0 Å². The molecule has 0 atom stereocenters. The Morgan fingerprint density at radius 3 is 2.55 bits per heavy atom. The molecule has 1 rings (SSSR count). The molecule has 0 bridgehead atoms. The third kappa shape index (κ3) is 5.34. The Morgan fingerprint density at radius 1 is 1.20 bits per heavy atom. The van der Waals surface area contributed by atoms with Crippen LogP contribution in [0.1, 0.15) is 31.2 Å². The van der Waals surface area contributed by atoms with E-state index in [0.717, 1.165) is 19.3 Å². The lowest BCUT2D eigenvalue weighted by Gasteiger charge is -2.11. The van der Waals surface area contributed by atoms with Gasteiger partial charge in [0, 0.05) is 6.54 Å². The summed E-state index contributed by atoms with van der Waals surface area (Å²) in [6, 6.07) is 5.13. The largest absolute Gasteiger partial charge is 0.398 e. The minimum atomic E-state index is -3.50. The first kappa shape index (κ1) is 17.3. The molecule has 4 nitrogen and oxygen atoms in total. The fourth-order valence-corrected chi connectivity index (χ4v) is 3.97. The van der Waals surface area contributed by atoms with Gasteiger partial charge in [-0.2, -0.15) is 11.8 Å². The first-order chi connectivity index (χ1) is 9.49. The fourth-order valence-electron chi connectivity index (χ4n) is 2.05. The molecule has 6 heteroatoms. The average Bonchev–Trinajstić information content (AvgIpc) is 2.37. The second-order valence-electron chi connectivity index (χ2n) is 4.80. The standard InChI is InChI=1S/C14H24N2O2S2/c1-12-8-7-9-13(15)14(12)20(17,18)16-10-5-3-4-6-11-19-2/h7-9,16H,3-6,10-11,15H2,1-2H3. The van der Waals surface area contributed by atoms with E-state index in [1.165, 1.54) is 12.2 Å². The van der Waals surface area contributed by atoms with Gasteiger partial charge < -0.3 is 5.73 Å². The minimum absolute atomic E-state index is 0.211. The van der Waals surface area contributed by atoms with Crippen LogP contribution in [-0.4, -0.2) is 27.0 Å². The van der Waals surface area contributed by atoms with Gasteiger partial charge in [0.2, 0.25) is 10.0 Å². The van der Waals surface area contributed by atoms with Crippen LogP contribution in [-0.2, 0) is 10.0 Å². The van der Waals surface area contributed by atoms with Crippen molar-refractivity contribution in [2.24, 2.45) is 0 Å². The number of anilines is 1. The van der Waals surface area contributed by atoms with E-state index < -0.39 is 10.0 Å². The lowest BCUT2D eigenvalue weighted by Crippen LogP contribution is -2.26. The number of thioether (sulfide) groups is 1. The first-order valence-electron chi connectivity index (χ1n) is 6.82. The second kappa shape index (κ2) is 8.54. The monoisotopic (exact) mass is 316 g/mol. The van der Waals surface area contributed by atoms with Crippen LogP contribution in [0.4, 0.5) is 5.69 Å². The Kier molecular flexibility index (Phi) is 7.40. The minimum Gasteiger partial charge on any atom is -0.398 e. The summed E-state index contributed by atoms with van der Waals surface area (Å²) in [5.74, 6) is 1.17. The molecule has 0 fully saturated rings. The topological polar surface area (TPSA) is 72.2 Å². The van der Waals surface area contributed by atoms with Crippen molar-refractivity contribution in [3.63, 3.8) is 0 Å². The molecule has 1 aromatic carbocycles. The van der Waals surface area contributed by atoms with Crippen molar-refractivity contribution in [2.75, 3.05) is 24.3 Å². The van der Waals surface area contributed by atoms with E-state index in [9.17, 15) is 8.42 Å². The van der Waals surface area contributed by atoms with Gasteiger partial charge in [0.25, 0.3) is 0 Å². The van der Waals surface area contributed by atoms with Crippen LogP contribution in [0.3, 0.4) is 0 Å². The van der Waals surface area contributed by atoms with Gasteiger partial charge in [-0.3, -0.25) is 0 Å². The van der Waals surface area contributed by atoms with Crippen LogP contribution in [0.15, 0.2) is 23.1 Å². The van der Waals surface area contributed by atoms with Gasteiger partial charge >= 0.3 is 0 Å². The molecule has 20 heavy (non-hydrogen) atoms. The third-order valence-electron chi connectivity index (χ3n) is 3.08. The van der Waals surface area contributed by atoms with Crippen molar-refractivity contribution in [1.82, 2.24) is 4.72 Å². The zero-order valence-electron chi connectivity index (χ0n) is 12.2. The number of nitrogens with two attached hydrogens (primary N) is 1. The van der Waals surface area contributed by atoms with Crippen molar-refractivity contribution in [2.45, 2.75) is 37.5 Å². The maximum absolute atomic E-state index is 12.2. The number of hydrogen-bond donors (Lipinski definition) is 2. The molecule has 0 aromatic heterocycles. The first-order valence-corrected chi connectivity index (χ1v) is 9.70. The molecule has 0 radical (unpaired) electrons. The van der Waals surface area contributed by atoms with Gasteiger partial charge in [-0.15, -0.1) is 0 Å². The Hall–Kier alpha value is -0.720. The van der Waals surface area contributed by atoms with E-state index in [2.05, 4.69) is 11.0 Å². The quantitative estimate of drug-likeness (QED) is 0.543. The molecule has 0 amide bonds. The van der Waals surface area contributed by atoms with Crippen molar-refractivity contribution in [3.05, 3.63) is 23.8 Å². The van der Waals surface area contributed by atoms with Crippen LogP contribution in [0, 0.1) is 6.92 Å². The summed E-state index contributed by atoms with van der Waals surface area (Å²) in [5, 5.41) is 0. The number of nitrogen functional groups attached to an aromatic ring is 1. The molecule has 0 heterocycles. The molecule has 1 aromatic rings. The maximum atomic E-state index is 12.2. The Labute approximate surface area is 126 Å². The lowest BCUT2D eigenvalue weighted by atomic mass is 10.2. The SMILES string of the molecule is CSCCCCCCNS(=O)(=O)c1c(C)cccc1N. The predicted octanol–water partition coefficient (Wildman–Crippen LogP) is 2.78. The van der Waals surface area contributed by atoms with Gasteiger partial charge in [0.15, 0.2) is 0 Å². The van der Waals surface area contributed by atoms with Crippen LogP contribution in [0.5, 0.6) is 0 Å². The molecular weight excluding hydrogens is 292 g/mol. The smallest absolute Gasteiger partial charge is 0.242 e. The molecule has 0 unspecified atom stereocenters. The summed E-state index contributed by atoms with van der Waals surface area (Å²) in [5.41, 5.74) is 6.75. The summed E-state index contributed by atoms with van der Waals surface area (Å²) < 4.78 is 27.1.